The van der Waals surface area contributed by atoms with Crippen molar-refractivity contribution in [1.29, 1.82) is 0 Å². The number of halogens is 3. The van der Waals surface area contributed by atoms with Crippen molar-refractivity contribution in [3.63, 3.8) is 0 Å². The van der Waals surface area contributed by atoms with Crippen LogP contribution in [0.3, 0.4) is 0 Å². The fourth-order valence-electron chi connectivity index (χ4n) is 2.10. The van der Waals surface area contributed by atoms with Gasteiger partial charge in [-0.25, -0.2) is 0 Å². The minimum absolute atomic E-state index is 0.244. The number of ether oxygens (including phenoxy) is 2. The van der Waals surface area contributed by atoms with Gasteiger partial charge >= 0.3 is 6.18 Å². The highest BCUT2D eigenvalue weighted by Crippen LogP contribution is 2.31. The predicted octanol–water partition coefficient (Wildman–Crippen LogP) is 2.85. The molecule has 0 spiro atoms. The molecule has 0 atom stereocenters. The number of nitrogens with one attached hydrogen (secondary N) is 1. The van der Waals surface area contributed by atoms with Gasteiger partial charge in [0.25, 0.3) is 0 Å². The van der Waals surface area contributed by atoms with E-state index < -0.39 is 11.7 Å². The average Bonchev–Trinajstić information content (AvgIpc) is 2.44. The van der Waals surface area contributed by atoms with Crippen LogP contribution in [0.4, 0.5) is 13.2 Å². The summed E-state index contributed by atoms with van der Waals surface area (Å²) in [6.45, 7) is 2.47. The monoisotopic (exact) mass is 289 g/mol. The summed E-state index contributed by atoms with van der Waals surface area (Å²) < 4.78 is 48.1. The standard InChI is InChI=1S/C14H18F3NO2/c15-14(16,17)11-2-1-3-13(10-11)20-9-6-18-12-4-7-19-8-5-12/h1-3,10,12,18H,4-9H2. The van der Waals surface area contributed by atoms with E-state index in [1.54, 1.807) is 0 Å². The van der Waals surface area contributed by atoms with E-state index in [9.17, 15) is 13.2 Å². The van der Waals surface area contributed by atoms with Gasteiger partial charge < -0.3 is 14.8 Å². The Morgan fingerprint density at radius 2 is 2.00 bits per heavy atom. The first-order valence-electron chi connectivity index (χ1n) is 6.67. The molecule has 2 rings (SSSR count). The second-order valence-electron chi connectivity index (χ2n) is 4.71. The summed E-state index contributed by atoms with van der Waals surface area (Å²) in [7, 11) is 0. The molecular weight excluding hydrogens is 271 g/mol. The molecule has 0 amide bonds. The molecule has 1 saturated heterocycles. The lowest BCUT2D eigenvalue weighted by molar-refractivity contribution is -0.137. The van der Waals surface area contributed by atoms with Crippen LogP contribution >= 0.6 is 0 Å². The van der Waals surface area contributed by atoms with Crippen LogP contribution in [0, 0.1) is 0 Å². The van der Waals surface area contributed by atoms with Crippen molar-refractivity contribution < 1.29 is 22.6 Å². The second-order valence-corrected chi connectivity index (χ2v) is 4.71. The van der Waals surface area contributed by atoms with Crippen molar-refractivity contribution in [3.8, 4) is 5.75 Å². The first-order valence-corrected chi connectivity index (χ1v) is 6.67. The SMILES string of the molecule is FC(F)(F)c1cccc(OCCNC2CCOCC2)c1. The zero-order valence-corrected chi connectivity index (χ0v) is 11.1. The summed E-state index contributed by atoms with van der Waals surface area (Å²) in [5.41, 5.74) is -0.688. The molecule has 0 bridgehead atoms. The molecule has 1 heterocycles. The summed E-state index contributed by atoms with van der Waals surface area (Å²) in [5, 5.41) is 3.31. The van der Waals surface area contributed by atoms with Crippen molar-refractivity contribution in [1.82, 2.24) is 5.32 Å². The van der Waals surface area contributed by atoms with Gasteiger partial charge in [-0.15, -0.1) is 0 Å². The van der Waals surface area contributed by atoms with Gasteiger partial charge in [0.15, 0.2) is 0 Å². The van der Waals surface area contributed by atoms with E-state index in [0.717, 1.165) is 38.2 Å². The van der Waals surface area contributed by atoms with Gasteiger partial charge in [0, 0.05) is 25.8 Å². The lowest BCUT2D eigenvalue weighted by Crippen LogP contribution is -2.37. The highest BCUT2D eigenvalue weighted by Gasteiger charge is 2.30. The van der Waals surface area contributed by atoms with E-state index in [-0.39, 0.29) is 5.75 Å². The molecule has 1 aliphatic heterocycles. The largest absolute Gasteiger partial charge is 0.492 e. The van der Waals surface area contributed by atoms with E-state index in [1.165, 1.54) is 12.1 Å². The molecule has 1 fully saturated rings. The summed E-state index contributed by atoms with van der Waals surface area (Å²) in [4.78, 5) is 0. The number of hydrogen-bond acceptors (Lipinski definition) is 3. The van der Waals surface area contributed by atoms with Crippen LogP contribution in [0.1, 0.15) is 18.4 Å². The van der Waals surface area contributed by atoms with Gasteiger partial charge in [-0.05, 0) is 31.0 Å². The maximum absolute atomic E-state index is 12.5. The Morgan fingerprint density at radius 3 is 2.70 bits per heavy atom. The summed E-state index contributed by atoms with van der Waals surface area (Å²) in [6, 6.07) is 5.35. The van der Waals surface area contributed by atoms with Crippen molar-refractivity contribution in [2.24, 2.45) is 0 Å². The van der Waals surface area contributed by atoms with Crippen LogP contribution in [0.5, 0.6) is 5.75 Å². The van der Waals surface area contributed by atoms with Gasteiger partial charge in [0.2, 0.25) is 0 Å². The molecule has 6 heteroatoms. The van der Waals surface area contributed by atoms with E-state index in [2.05, 4.69) is 5.32 Å². The van der Waals surface area contributed by atoms with Gasteiger partial charge in [-0.3, -0.25) is 0 Å². The predicted molar refractivity (Wildman–Crippen MR) is 68.8 cm³/mol. The highest BCUT2D eigenvalue weighted by atomic mass is 19.4. The minimum Gasteiger partial charge on any atom is -0.492 e. The Bertz CT molecular complexity index is 417. The second kappa shape index (κ2) is 6.95. The first kappa shape index (κ1) is 15.1. The third-order valence-electron chi connectivity index (χ3n) is 3.19. The molecule has 0 saturated carbocycles. The van der Waals surface area contributed by atoms with Crippen LogP contribution in [-0.4, -0.2) is 32.4 Å². The molecule has 0 unspecified atom stereocenters. The van der Waals surface area contributed by atoms with E-state index in [1.807, 2.05) is 0 Å². The summed E-state index contributed by atoms with van der Waals surface area (Å²) in [5.74, 6) is 0.244. The number of hydrogen-bond donors (Lipinski definition) is 1. The first-order chi connectivity index (χ1) is 9.55. The Hall–Kier alpha value is -1.27. The fourth-order valence-corrected chi connectivity index (χ4v) is 2.10. The summed E-state index contributed by atoms with van der Waals surface area (Å²) in [6.07, 6.45) is -2.41. The smallest absolute Gasteiger partial charge is 0.416 e. The Morgan fingerprint density at radius 1 is 1.25 bits per heavy atom. The molecular formula is C14H18F3NO2. The molecule has 1 aliphatic rings. The van der Waals surface area contributed by atoms with Gasteiger partial charge in [0.05, 0.1) is 5.56 Å². The normalized spacial score (nSPS) is 17.1. The van der Waals surface area contributed by atoms with Gasteiger partial charge in [-0.2, -0.15) is 13.2 Å². The van der Waals surface area contributed by atoms with Crippen molar-refractivity contribution in [2.75, 3.05) is 26.4 Å². The van der Waals surface area contributed by atoms with E-state index >= 15 is 0 Å². The van der Waals surface area contributed by atoms with Crippen LogP contribution in [0.25, 0.3) is 0 Å². The maximum atomic E-state index is 12.5. The Kier molecular flexibility index (Phi) is 5.25. The lowest BCUT2D eigenvalue weighted by atomic mass is 10.1. The average molecular weight is 289 g/mol. The maximum Gasteiger partial charge on any atom is 0.416 e. The van der Waals surface area contributed by atoms with Crippen molar-refractivity contribution in [2.45, 2.75) is 25.1 Å². The molecule has 1 aromatic rings. The molecule has 112 valence electrons. The van der Waals surface area contributed by atoms with Crippen LogP contribution < -0.4 is 10.1 Å². The number of benzene rings is 1. The van der Waals surface area contributed by atoms with Crippen LogP contribution in [-0.2, 0) is 10.9 Å². The zero-order chi connectivity index (χ0) is 14.4. The Labute approximate surface area is 116 Å². The highest BCUT2D eigenvalue weighted by molar-refractivity contribution is 5.30. The third-order valence-corrected chi connectivity index (χ3v) is 3.19. The summed E-state index contributed by atoms with van der Waals surface area (Å²) >= 11 is 0. The molecule has 3 nitrogen and oxygen atoms in total. The minimum atomic E-state index is -4.33. The molecule has 0 aromatic heterocycles. The topological polar surface area (TPSA) is 30.5 Å². The Balaban J connectivity index is 1.73. The van der Waals surface area contributed by atoms with Crippen molar-refractivity contribution >= 4 is 0 Å². The quantitative estimate of drug-likeness (QED) is 0.846. The molecule has 1 aromatic carbocycles. The van der Waals surface area contributed by atoms with E-state index in [4.69, 9.17) is 9.47 Å². The molecule has 0 radical (unpaired) electrons. The molecule has 0 aliphatic carbocycles. The lowest BCUT2D eigenvalue weighted by Gasteiger charge is -2.23. The van der Waals surface area contributed by atoms with E-state index in [0.29, 0.717) is 19.2 Å². The number of alkyl halides is 3. The van der Waals surface area contributed by atoms with Crippen molar-refractivity contribution in [3.05, 3.63) is 29.8 Å². The van der Waals surface area contributed by atoms with Crippen LogP contribution in [0.2, 0.25) is 0 Å². The van der Waals surface area contributed by atoms with Gasteiger partial charge in [-0.1, -0.05) is 6.07 Å². The third kappa shape index (κ3) is 4.68. The molecule has 20 heavy (non-hydrogen) atoms. The van der Waals surface area contributed by atoms with Crippen LogP contribution in [0.15, 0.2) is 24.3 Å². The zero-order valence-electron chi connectivity index (χ0n) is 11.1. The number of rotatable bonds is 5. The van der Waals surface area contributed by atoms with Gasteiger partial charge in [0.1, 0.15) is 12.4 Å². The fraction of sp³-hybridized carbons (Fsp3) is 0.571. The molecule has 1 N–H and O–H groups in total.